The van der Waals surface area contributed by atoms with E-state index >= 15 is 0 Å². The monoisotopic (exact) mass is 938 g/mol. The number of halogens is 3. The molecule has 19 heteroatoms. The summed E-state index contributed by atoms with van der Waals surface area (Å²) in [6.07, 6.45) is 8.97. The lowest BCUT2D eigenvalue weighted by atomic mass is 10.1. The van der Waals surface area contributed by atoms with Gasteiger partial charge in [0, 0.05) is 31.3 Å². The van der Waals surface area contributed by atoms with Crippen molar-refractivity contribution < 1.29 is 28.6 Å². The van der Waals surface area contributed by atoms with Gasteiger partial charge in [-0.2, -0.15) is 9.97 Å². The zero-order chi connectivity index (χ0) is 46.6. The van der Waals surface area contributed by atoms with E-state index in [1.165, 1.54) is 34.8 Å². The van der Waals surface area contributed by atoms with Gasteiger partial charge in [-0.3, -0.25) is 19.6 Å². The Morgan fingerprint density at radius 3 is 1.62 bits per heavy atom. The minimum absolute atomic E-state index is 0.0460. The third-order valence-corrected chi connectivity index (χ3v) is 11.8. The number of hydrogen-bond donors (Lipinski definition) is 4. The molecule has 0 aliphatic carbocycles. The molecule has 336 valence electrons. The summed E-state index contributed by atoms with van der Waals surface area (Å²) in [6, 6.07) is 16.3. The number of ketones is 2. The van der Waals surface area contributed by atoms with E-state index in [4.69, 9.17) is 17.3 Å². The zero-order valence-electron chi connectivity index (χ0n) is 35.8. The number of nitrogens with zero attached hydrogens (tertiary/aromatic N) is 8. The van der Waals surface area contributed by atoms with Crippen molar-refractivity contribution in [1.82, 2.24) is 39.9 Å². The minimum Gasteiger partial charge on any atom is -0.508 e. The number of carbonyl (C=O) groups excluding carboxylic acids is 2. The van der Waals surface area contributed by atoms with Gasteiger partial charge in [-0.25, -0.2) is 28.7 Å². The molecule has 2 aromatic carbocycles. The van der Waals surface area contributed by atoms with Gasteiger partial charge in [0.25, 0.3) is 0 Å². The first-order valence-electron chi connectivity index (χ1n) is 20.4. The van der Waals surface area contributed by atoms with Crippen LogP contribution in [0.15, 0.2) is 85.5 Å². The van der Waals surface area contributed by atoms with Gasteiger partial charge in [-0.05, 0) is 124 Å². The molecule has 6 heterocycles. The van der Waals surface area contributed by atoms with Gasteiger partial charge >= 0.3 is 0 Å². The van der Waals surface area contributed by atoms with Crippen LogP contribution in [0.2, 0.25) is 5.28 Å². The molecule has 0 unspecified atom stereocenters. The number of thiazole rings is 2. The molecule has 0 saturated carbocycles. The molecule has 0 amide bonds. The van der Waals surface area contributed by atoms with E-state index in [0.29, 0.717) is 63.3 Å². The van der Waals surface area contributed by atoms with Gasteiger partial charge in [-0.15, -0.1) is 22.7 Å². The van der Waals surface area contributed by atoms with E-state index in [9.17, 15) is 28.6 Å². The molecule has 0 saturated heterocycles. The van der Waals surface area contributed by atoms with Crippen LogP contribution in [0.5, 0.6) is 11.5 Å². The molecule has 8 aromatic rings. The second kappa shape index (κ2) is 22.4. The average Bonchev–Trinajstić information content (AvgIpc) is 3.85. The Balaban J connectivity index is 0.000000184. The van der Waals surface area contributed by atoms with Gasteiger partial charge < -0.3 is 21.3 Å². The Bertz CT molecular complexity index is 2900. The van der Waals surface area contributed by atoms with Crippen molar-refractivity contribution >= 4 is 72.5 Å². The largest absolute Gasteiger partial charge is 0.508 e. The maximum atomic E-state index is 13.5. The minimum atomic E-state index is -0.424. The highest BCUT2D eigenvalue weighted by Gasteiger charge is 2.20. The smallest absolute Gasteiger partial charge is 0.225 e. The van der Waals surface area contributed by atoms with Gasteiger partial charge in [0.05, 0.1) is 28.5 Å². The Morgan fingerprint density at radius 1 is 0.677 bits per heavy atom. The summed E-state index contributed by atoms with van der Waals surface area (Å²) >= 11 is 8.68. The number of hydrogen-bond acceptors (Lipinski definition) is 16. The molecule has 6 aromatic heterocycles. The van der Waals surface area contributed by atoms with Crippen molar-refractivity contribution in [3.05, 3.63) is 146 Å². The van der Waals surface area contributed by atoms with E-state index < -0.39 is 5.82 Å². The van der Waals surface area contributed by atoms with Gasteiger partial charge in [0.15, 0.2) is 22.9 Å². The van der Waals surface area contributed by atoms with Crippen molar-refractivity contribution in [3.8, 4) is 11.5 Å². The standard InChI is InChI=1S/C23H22FN5O2S.C16H14ClN3O2S.C7H9FN2/c1-13(16-10-17(24)12-25-11-16)26-23-28-20(21-22(29-23)27-14(2)32-21)19(31)5-3-4-15-6-8-18(30)9-7-15;1-9-18-15-14(23-9)13(19-16(17)20-15)12(22)4-2-3-10-5-7-11(21)8-6-10;1-5(9)6-2-7(8)4-10-3-6/h6-13,30H,3-5H2,1-2H3,(H,26,28,29);5-8,21H,2-4H2,1H3;2-5H,9H2,1H3/t13-;;5-/m0.0/s1. The molecule has 0 fully saturated rings. The van der Waals surface area contributed by atoms with Crippen LogP contribution in [0.4, 0.5) is 14.7 Å². The molecule has 8 rings (SSSR count). The number of phenols is 2. The fourth-order valence-corrected chi connectivity index (χ4v) is 8.26. The number of carbonyl (C=O) groups is 2. The number of aryl methyl sites for hydroxylation is 4. The summed E-state index contributed by atoms with van der Waals surface area (Å²) in [6.45, 7) is 7.35. The SMILES string of the molecule is C[C@H](N)c1cncc(F)c1.Cc1nc2nc(Cl)nc(C(=O)CCCc3ccc(O)cc3)c2s1.Cc1nc2nc(N[C@@H](C)c3cncc(F)c3)nc(C(=O)CCCc3ccc(O)cc3)c2s1. The quantitative estimate of drug-likeness (QED) is 0.0590. The Hall–Kier alpha value is -6.47. The van der Waals surface area contributed by atoms with E-state index in [1.807, 2.05) is 45.0 Å². The van der Waals surface area contributed by atoms with Crippen molar-refractivity contribution in [1.29, 1.82) is 0 Å². The second-order valence-electron chi connectivity index (χ2n) is 14.9. The van der Waals surface area contributed by atoms with Crippen molar-refractivity contribution in [2.75, 3.05) is 5.32 Å². The number of pyridine rings is 2. The summed E-state index contributed by atoms with van der Waals surface area (Å²) in [4.78, 5) is 58.8. The van der Waals surface area contributed by atoms with Crippen LogP contribution in [0.1, 0.15) is 105 Å². The number of phenolic OH excluding ortho intramolecular Hbond substituents is 2. The first-order valence-corrected chi connectivity index (χ1v) is 22.4. The summed E-state index contributed by atoms with van der Waals surface area (Å²) in [7, 11) is 0. The number of Topliss-reactive ketones (excluding diaryl/α,β-unsaturated/α-hetero) is 2. The fraction of sp³-hybridized carbons (Fsp3) is 0.261. The fourth-order valence-electron chi connectivity index (χ4n) is 6.36. The van der Waals surface area contributed by atoms with Gasteiger partial charge in [0.1, 0.15) is 43.9 Å². The number of aromatic hydroxyl groups is 2. The Labute approximate surface area is 386 Å². The topological polar surface area (TPSA) is 216 Å². The molecular weight excluding hydrogens is 894 g/mol. The predicted molar refractivity (Wildman–Crippen MR) is 249 cm³/mol. The van der Waals surface area contributed by atoms with Crippen LogP contribution in [0.3, 0.4) is 0 Å². The van der Waals surface area contributed by atoms with E-state index in [2.05, 4.69) is 45.2 Å². The van der Waals surface area contributed by atoms with Crippen LogP contribution < -0.4 is 11.1 Å². The summed E-state index contributed by atoms with van der Waals surface area (Å²) in [5.41, 5.74) is 10.6. The molecule has 2 atom stereocenters. The molecule has 14 nitrogen and oxygen atoms in total. The van der Waals surface area contributed by atoms with E-state index in [0.717, 1.165) is 51.9 Å². The zero-order valence-corrected chi connectivity index (χ0v) is 38.2. The lowest BCUT2D eigenvalue weighted by Gasteiger charge is -2.14. The van der Waals surface area contributed by atoms with Gasteiger partial charge in [-0.1, -0.05) is 24.3 Å². The number of nitrogens with one attached hydrogen (secondary N) is 1. The first kappa shape index (κ1) is 48.0. The van der Waals surface area contributed by atoms with Crippen LogP contribution in [0, 0.1) is 25.5 Å². The van der Waals surface area contributed by atoms with Crippen LogP contribution in [-0.2, 0) is 12.8 Å². The molecular formula is C46H45ClF2N10O4S2. The third kappa shape index (κ3) is 13.8. The van der Waals surface area contributed by atoms with E-state index in [1.54, 1.807) is 43.6 Å². The number of nitrogens with two attached hydrogens (primary N) is 1. The Kier molecular flexibility index (Phi) is 16.6. The molecule has 0 bridgehead atoms. The number of rotatable bonds is 14. The van der Waals surface area contributed by atoms with Crippen LogP contribution in [0.25, 0.3) is 20.7 Å². The van der Waals surface area contributed by atoms with Crippen LogP contribution in [-0.4, -0.2) is 61.7 Å². The summed E-state index contributed by atoms with van der Waals surface area (Å²) in [5.74, 6) is -0.173. The number of benzene rings is 2. The first-order chi connectivity index (χ1) is 31.1. The third-order valence-electron chi connectivity index (χ3n) is 9.66. The maximum Gasteiger partial charge on any atom is 0.225 e. The normalized spacial score (nSPS) is 11.9. The molecule has 0 aliphatic heterocycles. The molecule has 0 aliphatic rings. The number of aromatic nitrogens is 8. The molecule has 0 radical (unpaired) electrons. The molecule has 5 N–H and O–H groups in total. The van der Waals surface area contributed by atoms with Crippen molar-refractivity contribution in [3.63, 3.8) is 0 Å². The maximum absolute atomic E-state index is 13.5. The predicted octanol–water partition coefficient (Wildman–Crippen LogP) is 10.2. The lowest BCUT2D eigenvalue weighted by molar-refractivity contribution is 0.0969. The Morgan fingerprint density at radius 2 is 1.14 bits per heavy atom. The highest BCUT2D eigenvalue weighted by molar-refractivity contribution is 7.19. The number of fused-ring (bicyclic) bond motifs is 2. The van der Waals surface area contributed by atoms with Crippen molar-refractivity contribution in [2.45, 2.75) is 78.3 Å². The van der Waals surface area contributed by atoms with Gasteiger partial charge in [0.2, 0.25) is 11.2 Å². The highest BCUT2D eigenvalue weighted by atomic mass is 35.5. The van der Waals surface area contributed by atoms with E-state index in [-0.39, 0.29) is 52.2 Å². The molecule has 0 spiro atoms. The van der Waals surface area contributed by atoms with Crippen molar-refractivity contribution in [2.24, 2.45) is 5.73 Å². The molecule has 65 heavy (non-hydrogen) atoms. The number of anilines is 1. The average molecular weight is 940 g/mol. The summed E-state index contributed by atoms with van der Waals surface area (Å²) in [5, 5.41) is 23.5. The highest BCUT2D eigenvalue weighted by Crippen LogP contribution is 2.28. The summed E-state index contributed by atoms with van der Waals surface area (Å²) < 4.78 is 27.3. The second-order valence-corrected chi connectivity index (χ2v) is 17.7. The van der Waals surface area contributed by atoms with Crippen LogP contribution >= 0.6 is 34.3 Å². The lowest BCUT2D eigenvalue weighted by Crippen LogP contribution is -2.13.